The zero-order valence-corrected chi connectivity index (χ0v) is 19.4. The molecule has 0 bridgehead atoms. The minimum atomic E-state index is 0.0557. The molecule has 1 saturated heterocycles. The van der Waals surface area contributed by atoms with Crippen molar-refractivity contribution in [1.29, 1.82) is 0 Å². The monoisotopic (exact) mass is 441 g/mol. The molecule has 1 N–H and O–H groups in total. The Balaban J connectivity index is 1.42. The molecule has 170 valence electrons. The summed E-state index contributed by atoms with van der Waals surface area (Å²) in [6.07, 6.45) is 3.06. The summed E-state index contributed by atoms with van der Waals surface area (Å²) in [4.78, 5) is 27.8. The number of likely N-dealkylation sites (N-methyl/N-ethyl adjacent to an activating group) is 1. The molecule has 1 atom stereocenters. The summed E-state index contributed by atoms with van der Waals surface area (Å²) < 4.78 is 0. The van der Waals surface area contributed by atoms with Crippen LogP contribution in [0.25, 0.3) is 11.1 Å². The van der Waals surface area contributed by atoms with Gasteiger partial charge in [0.2, 0.25) is 0 Å². The molecule has 6 nitrogen and oxygen atoms in total. The highest BCUT2D eigenvalue weighted by Gasteiger charge is 2.29. The fraction of sp³-hybridized carbons (Fsp3) is 0.370. The number of hydrogen-bond donors (Lipinski definition) is 1. The molecule has 3 aromatic rings. The third-order valence-corrected chi connectivity index (χ3v) is 6.83. The fourth-order valence-electron chi connectivity index (χ4n) is 5.08. The Morgan fingerprint density at radius 2 is 1.82 bits per heavy atom. The Bertz CT molecular complexity index is 1130. The van der Waals surface area contributed by atoms with Crippen LogP contribution in [-0.4, -0.2) is 59.4 Å². The van der Waals surface area contributed by atoms with Gasteiger partial charge >= 0.3 is 0 Å². The Morgan fingerprint density at radius 1 is 1.03 bits per heavy atom. The average Bonchev–Trinajstić information content (AvgIpc) is 2.87. The number of likely N-dealkylation sites (tertiary alicyclic amines) is 1. The van der Waals surface area contributed by atoms with Crippen LogP contribution in [0.5, 0.6) is 0 Å². The topological polar surface area (TPSA) is 61.4 Å². The van der Waals surface area contributed by atoms with Crippen LogP contribution in [0.15, 0.2) is 54.6 Å². The zero-order chi connectivity index (χ0) is 22.8. The van der Waals surface area contributed by atoms with Crippen molar-refractivity contribution in [3.8, 4) is 11.1 Å². The van der Waals surface area contributed by atoms with E-state index in [0.29, 0.717) is 19.0 Å². The van der Waals surface area contributed by atoms with Crippen molar-refractivity contribution >= 4 is 11.7 Å². The van der Waals surface area contributed by atoms with Gasteiger partial charge in [-0.2, -0.15) is 0 Å². The van der Waals surface area contributed by atoms with Gasteiger partial charge in [0.1, 0.15) is 11.6 Å². The lowest BCUT2D eigenvalue weighted by atomic mass is 9.96. The first kappa shape index (κ1) is 21.6. The number of aromatic nitrogens is 2. The molecule has 3 heterocycles. The molecule has 2 aliphatic heterocycles. The number of carbonyl (C=O) groups excluding carboxylic acids is 1. The van der Waals surface area contributed by atoms with Crippen LogP contribution in [0.4, 0.5) is 5.82 Å². The summed E-state index contributed by atoms with van der Waals surface area (Å²) in [5.41, 5.74) is 4.89. The summed E-state index contributed by atoms with van der Waals surface area (Å²) in [5, 5.41) is 3.28. The smallest absolute Gasteiger partial charge is 0.254 e. The number of rotatable bonds is 4. The predicted molar refractivity (Wildman–Crippen MR) is 131 cm³/mol. The van der Waals surface area contributed by atoms with Gasteiger partial charge in [0.25, 0.3) is 5.91 Å². The van der Waals surface area contributed by atoms with Crippen LogP contribution in [-0.2, 0) is 13.0 Å². The normalized spacial score (nSPS) is 18.6. The molecule has 2 aliphatic rings. The largest absolute Gasteiger partial charge is 0.373 e. The maximum Gasteiger partial charge on any atom is 0.254 e. The molecule has 0 saturated carbocycles. The molecule has 33 heavy (non-hydrogen) atoms. The van der Waals surface area contributed by atoms with Gasteiger partial charge in [-0.05, 0) is 43.6 Å². The van der Waals surface area contributed by atoms with Gasteiger partial charge < -0.3 is 15.1 Å². The molecule has 2 aromatic carbocycles. The number of fused-ring (bicyclic) bond motifs is 1. The van der Waals surface area contributed by atoms with E-state index >= 15 is 0 Å². The first-order valence-corrected chi connectivity index (χ1v) is 11.8. The molecular formula is C27H31N5O. The Morgan fingerprint density at radius 3 is 2.61 bits per heavy atom. The lowest BCUT2D eigenvalue weighted by Gasteiger charge is -2.32. The number of nitrogens with zero attached hydrogens (tertiary/aromatic N) is 4. The third-order valence-electron chi connectivity index (χ3n) is 6.83. The van der Waals surface area contributed by atoms with E-state index in [2.05, 4.69) is 29.4 Å². The number of carbonyl (C=O) groups is 1. The summed E-state index contributed by atoms with van der Waals surface area (Å²) in [6.45, 7) is 3.34. The standard InChI is InChI=1S/C27H31N5O/c1-28-26-23-18-32(16-14-24(23)29-25(30-26)20-11-8-15-31(2)17-20)27(33)22-13-7-6-12-21(22)19-9-4-3-5-10-19/h3-7,9-10,12-13,20H,8,11,14-18H2,1-2H3,(H,28,29,30)/t20-/m1/s1. The lowest BCUT2D eigenvalue weighted by molar-refractivity contribution is 0.0734. The number of hydrogen-bond acceptors (Lipinski definition) is 5. The van der Waals surface area contributed by atoms with Crippen molar-refractivity contribution in [1.82, 2.24) is 19.8 Å². The Labute approximate surface area is 195 Å². The van der Waals surface area contributed by atoms with E-state index in [1.807, 2.05) is 54.4 Å². The van der Waals surface area contributed by atoms with Crippen molar-refractivity contribution in [2.75, 3.05) is 39.0 Å². The van der Waals surface area contributed by atoms with E-state index in [1.54, 1.807) is 0 Å². The molecule has 0 unspecified atom stereocenters. The molecule has 0 spiro atoms. The highest BCUT2D eigenvalue weighted by Crippen LogP contribution is 2.31. The van der Waals surface area contributed by atoms with Gasteiger partial charge in [-0.3, -0.25) is 4.79 Å². The van der Waals surface area contributed by atoms with E-state index in [-0.39, 0.29) is 5.91 Å². The van der Waals surface area contributed by atoms with E-state index in [4.69, 9.17) is 9.97 Å². The minimum Gasteiger partial charge on any atom is -0.373 e. The van der Waals surface area contributed by atoms with Gasteiger partial charge in [0.05, 0.1) is 12.2 Å². The first-order chi connectivity index (χ1) is 16.1. The van der Waals surface area contributed by atoms with Crippen molar-refractivity contribution in [2.45, 2.75) is 31.7 Å². The molecule has 0 aliphatic carbocycles. The summed E-state index contributed by atoms with van der Waals surface area (Å²) in [6, 6.07) is 18.0. The number of piperidine rings is 1. The maximum absolute atomic E-state index is 13.6. The van der Waals surface area contributed by atoms with Crippen LogP contribution in [0, 0.1) is 0 Å². The predicted octanol–water partition coefficient (Wildman–Crippen LogP) is 4.19. The molecule has 0 radical (unpaired) electrons. The molecule has 5 rings (SSSR count). The number of amides is 1. The summed E-state index contributed by atoms with van der Waals surface area (Å²) >= 11 is 0. The number of benzene rings is 2. The molecule has 1 fully saturated rings. The van der Waals surface area contributed by atoms with Crippen molar-refractivity contribution in [3.05, 3.63) is 77.2 Å². The number of anilines is 1. The zero-order valence-electron chi connectivity index (χ0n) is 19.4. The van der Waals surface area contributed by atoms with Crippen molar-refractivity contribution in [3.63, 3.8) is 0 Å². The Hall–Kier alpha value is -3.25. The second-order valence-electron chi connectivity index (χ2n) is 9.10. The highest BCUT2D eigenvalue weighted by molar-refractivity contribution is 6.01. The van der Waals surface area contributed by atoms with Gasteiger partial charge in [0.15, 0.2) is 0 Å². The minimum absolute atomic E-state index is 0.0557. The lowest BCUT2D eigenvalue weighted by Crippen LogP contribution is -2.38. The Kier molecular flexibility index (Phi) is 6.09. The van der Waals surface area contributed by atoms with Crippen LogP contribution >= 0.6 is 0 Å². The second kappa shape index (κ2) is 9.32. The fourth-order valence-corrected chi connectivity index (χ4v) is 5.08. The molecular weight excluding hydrogens is 410 g/mol. The second-order valence-corrected chi connectivity index (χ2v) is 9.10. The van der Waals surface area contributed by atoms with Crippen molar-refractivity contribution in [2.24, 2.45) is 0 Å². The number of nitrogens with one attached hydrogen (secondary N) is 1. The molecule has 1 aromatic heterocycles. The third kappa shape index (κ3) is 4.35. The van der Waals surface area contributed by atoms with E-state index < -0.39 is 0 Å². The SMILES string of the molecule is CNc1nc([C@@H]2CCCN(C)C2)nc2c1CN(C(=O)c1ccccc1-c1ccccc1)CC2. The first-order valence-electron chi connectivity index (χ1n) is 11.8. The van der Waals surface area contributed by atoms with Gasteiger partial charge in [-0.15, -0.1) is 0 Å². The van der Waals surface area contributed by atoms with Crippen molar-refractivity contribution < 1.29 is 4.79 Å². The van der Waals surface area contributed by atoms with Crippen LogP contribution in [0.3, 0.4) is 0 Å². The maximum atomic E-state index is 13.6. The summed E-state index contributed by atoms with van der Waals surface area (Å²) in [7, 11) is 4.07. The van der Waals surface area contributed by atoms with Gasteiger partial charge in [-0.25, -0.2) is 9.97 Å². The van der Waals surface area contributed by atoms with Gasteiger partial charge in [-0.1, -0.05) is 48.5 Å². The summed E-state index contributed by atoms with van der Waals surface area (Å²) in [5.74, 6) is 2.23. The molecule has 1 amide bonds. The van der Waals surface area contributed by atoms with E-state index in [0.717, 1.165) is 65.5 Å². The van der Waals surface area contributed by atoms with E-state index in [1.165, 1.54) is 6.42 Å². The highest BCUT2D eigenvalue weighted by atomic mass is 16.2. The average molecular weight is 442 g/mol. The van der Waals surface area contributed by atoms with E-state index in [9.17, 15) is 4.79 Å². The quantitative estimate of drug-likeness (QED) is 0.658. The van der Waals surface area contributed by atoms with Crippen LogP contribution < -0.4 is 5.32 Å². The van der Waals surface area contributed by atoms with Crippen LogP contribution in [0.1, 0.15) is 46.2 Å². The van der Waals surface area contributed by atoms with Crippen LogP contribution in [0.2, 0.25) is 0 Å². The molecule has 6 heteroatoms. The van der Waals surface area contributed by atoms with Gasteiger partial charge in [0, 0.05) is 43.6 Å².